The van der Waals surface area contributed by atoms with Crippen LogP contribution in [-0.4, -0.2) is 48.6 Å². The third kappa shape index (κ3) is 7.33. The molecule has 0 bridgehead atoms. The van der Waals surface area contributed by atoms with Crippen LogP contribution in [0.2, 0.25) is 0 Å². The highest BCUT2D eigenvalue weighted by atomic mass is 127. The van der Waals surface area contributed by atoms with E-state index in [9.17, 15) is 0 Å². The summed E-state index contributed by atoms with van der Waals surface area (Å²) in [5.41, 5.74) is 3.74. The van der Waals surface area contributed by atoms with Crippen molar-refractivity contribution in [1.29, 1.82) is 0 Å². The standard InChI is InChI=1S/C21H33N5O2.HI/c1-16-20(17(2)26(3)25-16)7-4-10-22-21(24-14-18-9-13-27-15-18)23-11-8-19-6-5-12-28-19;/h5-6,12,18H,4,7-11,13-15H2,1-3H3,(H2,22,23,24);1H. The van der Waals surface area contributed by atoms with Crippen molar-refractivity contribution in [3.8, 4) is 0 Å². The Hall–Kier alpha value is -1.55. The summed E-state index contributed by atoms with van der Waals surface area (Å²) in [7, 11) is 2.00. The summed E-state index contributed by atoms with van der Waals surface area (Å²) in [6.45, 7) is 8.37. The van der Waals surface area contributed by atoms with Gasteiger partial charge in [-0.05, 0) is 50.8 Å². The van der Waals surface area contributed by atoms with Gasteiger partial charge in [-0.2, -0.15) is 5.10 Å². The monoisotopic (exact) mass is 515 g/mol. The molecule has 2 aromatic heterocycles. The van der Waals surface area contributed by atoms with Gasteiger partial charge < -0.3 is 19.8 Å². The molecule has 1 fully saturated rings. The maximum absolute atomic E-state index is 5.46. The molecule has 3 rings (SSSR count). The molecule has 1 atom stereocenters. The number of nitrogens with zero attached hydrogens (tertiary/aromatic N) is 3. The summed E-state index contributed by atoms with van der Waals surface area (Å²) in [6, 6.07) is 3.92. The van der Waals surface area contributed by atoms with Gasteiger partial charge in [0.15, 0.2) is 5.96 Å². The SMILES string of the molecule is Cc1nn(C)c(C)c1CCCNC(=NCC1CCOC1)NCCc1ccco1.I. The molecule has 1 unspecified atom stereocenters. The topological polar surface area (TPSA) is 76.6 Å². The van der Waals surface area contributed by atoms with Gasteiger partial charge in [0.2, 0.25) is 0 Å². The zero-order valence-electron chi connectivity index (χ0n) is 17.7. The molecule has 2 N–H and O–H groups in total. The van der Waals surface area contributed by atoms with E-state index in [2.05, 4.69) is 29.6 Å². The Kier molecular flexibility index (Phi) is 9.99. The third-order valence-electron chi connectivity index (χ3n) is 5.33. The molecule has 1 aliphatic heterocycles. The molecule has 2 aromatic rings. The highest BCUT2D eigenvalue weighted by Gasteiger charge is 2.15. The number of aromatic nitrogens is 2. The number of halogens is 1. The molecule has 0 spiro atoms. The van der Waals surface area contributed by atoms with Gasteiger partial charge in [0, 0.05) is 51.3 Å². The highest BCUT2D eigenvalue weighted by molar-refractivity contribution is 14.0. The van der Waals surface area contributed by atoms with Crippen molar-refractivity contribution in [3.63, 3.8) is 0 Å². The molecule has 0 radical (unpaired) electrons. The lowest BCUT2D eigenvalue weighted by atomic mass is 10.1. The van der Waals surface area contributed by atoms with Crippen LogP contribution in [0.3, 0.4) is 0 Å². The van der Waals surface area contributed by atoms with Crippen molar-refractivity contribution < 1.29 is 9.15 Å². The van der Waals surface area contributed by atoms with Crippen LogP contribution in [-0.2, 0) is 24.6 Å². The zero-order valence-corrected chi connectivity index (χ0v) is 20.1. The number of hydrogen-bond acceptors (Lipinski definition) is 4. The molecule has 3 heterocycles. The zero-order chi connectivity index (χ0) is 19.8. The summed E-state index contributed by atoms with van der Waals surface area (Å²) in [6.07, 6.45) is 5.72. The Morgan fingerprint density at radius 1 is 1.28 bits per heavy atom. The maximum Gasteiger partial charge on any atom is 0.191 e. The third-order valence-corrected chi connectivity index (χ3v) is 5.33. The van der Waals surface area contributed by atoms with E-state index < -0.39 is 0 Å². The Labute approximate surface area is 190 Å². The second kappa shape index (κ2) is 12.2. The fourth-order valence-corrected chi connectivity index (χ4v) is 3.53. The van der Waals surface area contributed by atoms with Crippen molar-refractivity contribution in [3.05, 3.63) is 41.1 Å². The van der Waals surface area contributed by atoms with Crippen LogP contribution >= 0.6 is 24.0 Å². The Bertz CT molecular complexity index is 751. The van der Waals surface area contributed by atoms with E-state index in [0.29, 0.717) is 5.92 Å². The Morgan fingerprint density at radius 3 is 2.76 bits per heavy atom. The summed E-state index contributed by atoms with van der Waals surface area (Å²) in [4.78, 5) is 4.78. The lowest BCUT2D eigenvalue weighted by Gasteiger charge is -2.13. The van der Waals surface area contributed by atoms with E-state index >= 15 is 0 Å². The average molecular weight is 515 g/mol. The Morgan fingerprint density at radius 2 is 2.10 bits per heavy atom. The summed E-state index contributed by atoms with van der Waals surface area (Å²) in [5, 5.41) is 11.4. The molecule has 0 amide bonds. The molecular weight excluding hydrogens is 481 g/mol. The molecule has 29 heavy (non-hydrogen) atoms. The number of ether oxygens (including phenoxy) is 1. The second-order valence-corrected chi connectivity index (χ2v) is 7.48. The number of hydrogen-bond donors (Lipinski definition) is 2. The first-order valence-corrected chi connectivity index (χ1v) is 10.2. The van der Waals surface area contributed by atoms with Crippen LogP contribution in [0.25, 0.3) is 0 Å². The first-order valence-electron chi connectivity index (χ1n) is 10.2. The molecule has 8 heteroatoms. The molecule has 0 aromatic carbocycles. The van der Waals surface area contributed by atoms with E-state index in [0.717, 1.165) is 75.9 Å². The van der Waals surface area contributed by atoms with Gasteiger partial charge in [-0.15, -0.1) is 24.0 Å². The lowest BCUT2D eigenvalue weighted by molar-refractivity contribution is 0.187. The van der Waals surface area contributed by atoms with Crippen LogP contribution < -0.4 is 10.6 Å². The fraction of sp³-hybridized carbons (Fsp3) is 0.619. The quantitative estimate of drug-likeness (QED) is 0.233. The van der Waals surface area contributed by atoms with Gasteiger partial charge >= 0.3 is 0 Å². The van der Waals surface area contributed by atoms with Gasteiger partial charge in [-0.3, -0.25) is 9.67 Å². The number of furan rings is 1. The highest BCUT2D eigenvalue weighted by Crippen LogP contribution is 2.14. The van der Waals surface area contributed by atoms with Crippen LogP contribution in [0.1, 0.15) is 35.6 Å². The van der Waals surface area contributed by atoms with Gasteiger partial charge in [-0.1, -0.05) is 0 Å². The smallest absolute Gasteiger partial charge is 0.191 e. The van der Waals surface area contributed by atoms with Crippen molar-refractivity contribution in [1.82, 2.24) is 20.4 Å². The van der Waals surface area contributed by atoms with Crippen LogP contribution in [0.5, 0.6) is 0 Å². The first kappa shape index (κ1) is 23.7. The van der Waals surface area contributed by atoms with Gasteiger partial charge in [0.1, 0.15) is 5.76 Å². The summed E-state index contributed by atoms with van der Waals surface area (Å²) in [5.74, 6) is 2.39. The molecule has 0 saturated carbocycles. The second-order valence-electron chi connectivity index (χ2n) is 7.48. The predicted octanol–water partition coefficient (Wildman–Crippen LogP) is 2.99. The maximum atomic E-state index is 5.46. The van der Waals surface area contributed by atoms with Crippen LogP contribution in [0.4, 0.5) is 0 Å². The van der Waals surface area contributed by atoms with E-state index in [-0.39, 0.29) is 24.0 Å². The minimum absolute atomic E-state index is 0. The normalized spacial score (nSPS) is 16.7. The van der Waals surface area contributed by atoms with Crippen molar-refractivity contribution in [2.75, 3.05) is 32.8 Å². The van der Waals surface area contributed by atoms with Crippen molar-refractivity contribution >= 4 is 29.9 Å². The molecule has 1 saturated heterocycles. The van der Waals surface area contributed by atoms with Gasteiger partial charge in [0.05, 0.1) is 18.6 Å². The number of nitrogens with one attached hydrogen (secondary N) is 2. The summed E-state index contributed by atoms with van der Waals surface area (Å²) < 4.78 is 12.8. The van der Waals surface area contributed by atoms with Crippen molar-refractivity contribution in [2.24, 2.45) is 18.0 Å². The number of guanidine groups is 1. The minimum Gasteiger partial charge on any atom is -0.469 e. The largest absolute Gasteiger partial charge is 0.469 e. The van der Waals surface area contributed by atoms with Crippen LogP contribution in [0.15, 0.2) is 27.8 Å². The van der Waals surface area contributed by atoms with E-state index in [1.165, 1.54) is 11.3 Å². The molecule has 7 nitrogen and oxygen atoms in total. The van der Waals surface area contributed by atoms with Crippen LogP contribution in [0, 0.1) is 19.8 Å². The number of aryl methyl sites for hydroxylation is 2. The average Bonchev–Trinajstić information content (AvgIpc) is 3.42. The van der Waals surface area contributed by atoms with E-state index in [4.69, 9.17) is 14.1 Å². The first-order chi connectivity index (χ1) is 13.6. The minimum atomic E-state index is 0. The lowest BCUT2D eigenvalue weighted by Crippen LogP contribution is -2.39. The number of aliphatic imine (C=N–C) groups is 1. The van der Waals surface area contributed by atoms with E-state index in [1.807, 2.05) is 23.9 Å². The van der Waals surface area contributed by atoms with Gasteiger partial charge in [-0.25, -0.2) is 0 Å². The summed E-state index contributed by atoms with van der Waals surface area (Å²) >= 11 is 0. The van der Waals surface area contributed by atoms with Crippen molar-refractivity contribution in [2.45, 2.75) is 39.5 Å². The van der Waals surface area contributed by atoms with E-state index in [1.54, 1.807) is 6.26 Å². The number of rotatable bonds is 9. The molecule has 1 aliphatic rings. The Balaban J connectivity index is 0.00000300. The molecule has 162 valence electrons. The fourth-order valence-electron chi connectivity index (χ4n) is 3.53. The van der Waals surface area contributed by atoms with Gasteiger partial charge in [0.25, 0.3) is 0 Å². The molecular formula is C21H34IN5O2. The predicted molar refractivity (Wildman–Crippen MR) is 126 cm³/mol. The molecule has 0 aliphatic carbocycles.